The SMILES string of the molecule is O=Cc1c(-n2cc(C(=O)O)cn2)ccc2cccnc12. The van der Waals surface area contributed by atoms with Gasteiger partial charge < -0.3 is 5.11 Å². The number of aromatic carboxylic acids is 1. The number of aromatic nitrogens is 3. The normalized spacial score (nSPS) is 10.6. The van der Waals surface area contributed by atoms with Crippen molar-refractivity contribution in [3.63, 3.8) is 0 Å². The molecular formula is C14H9N3O3. The Labute approximate surface area is 113 Å². The quantitative estimate of drug-likeness (QED) is 0.733. The number of pyridine rings is 1. The molecule has 0 spiro atoms. The van der Waals surface area contributed by atoms with Crippen LogP contribution in [-0.2, 0) is 0 Å². The number of fused-ring (bicyclic) bond motifs is 1. The van der Waals surface area contributed by atoms with E-state index >= 15 is 0 Å². The molecule has 6 heteroatoms. The average Bonchev–Trinajstić information content (AvgIpc) is 2.95. The third-order valence-corrected chi connectivity index (χ3v) is 2.98. The third kappa shape index (κ3) is 1.83. The highest BCUT2D eigenvalue weighted by atomic mass is 16.4. The smallest absolute Gasteiger partial charge is 0.338 e. The van der Waals surface area contributed by atoms with Crippen LogP contribution in [0.15, 0.2) is 42.9 Å². The molecular weight excluding hydrogens is 258 g/mol. The molecule has 1 N–H and O–H groups in total. The van der Waals surface area contributed by atoms with E-state index in [9.17, 15) is 9.59 Å². The molecule has 2 aromatic heterocycles. The van der Waals surface area contributed by atoms with Gasteiger partial charge >= 0.3 is 5.97 Å². The molecule has 0 saturated carbocycles. The summed E-state index contributed by atoms with van der Waals surface area (Å²) in [6.07, 6.45) is 4.90. The molecule has 0 unspecified atom stereocenters. The fourth-order valence-corrected chi connectivity index (χ4v) is 2.04. The lowest BCUT2D eigenvalue weighted by Crippen LogP contribution is -2.01. The Morgan fingerprint density at radius 2 is 2.15 bits per heavy atom. The predicted molar refractivity (Wildman–Crippen MR) is 71.2 cm³/mol. The van der Waals surface area contributed by atoms with Crippen molar-refractivity contribution in [2.45, 2.75) is 0 Å². The molecule has 0 saturated heterocycles. The topological polar surface area (TPSA) is 85.1 Å². The summed E-state index contributed by atoms with van der Waals surface area (Å²) in [4.78, 5) is 26.4. The minimum absolute atomic E-state index is 0.0583. The highest BCUT2D eigenvalue weighted by Gasteiger charge is 2.12. The number of carbonyl (C=O) groups excluding carboxylic acids is 1. The van der Waals surface area contributed by atoms with E-state index in [1.165, 1.54) is 17.1 Å². The van der Waals surface area contributed by atoms with E-state index in [4.69, 9.17) is 5.11 Å². The Balaban J connectivity index is 2.24. The maximum Gasteiger partial charge on any atom is 0.338 e. The molecule has 1 aromatic carbocycles. The van der Waals surface area contributed by atoms with Crippen LogP contribution in [0.4, 0.5) is 0 Å². The maximum absolute atomic E-state index is 11.4. The molecule has 3 rings (SSSR count). The number of carboxylic acids is 1. The van der Waals surface area contributed by atoms with E-state index in [-0.39, 0.29) is 5.56 Å². The second-order valence-corrected chi connectivity index (χ2v) is 4.17. The molecule has 20 heavy (non-hydrogen) atoms. The Morgan fingerprint density at radius 1 is 1.30 bits per heavy atom. The lowest BCUT2D eigenvalue weighted by atomic mass is 10.1. The van der Waals surface area contributed by atoms with Crippen molar-refractivity contribution in [2.24, 2.45) is 0 Å². The van der Waals surface area contributed by atoms with Gasteiger partial charge in [0.05, 0.1) is 28.5 Å². The van der Waals surface area contributed by atoms with Gasteiger partial charge in [-0.3, -0.25) is 9.78 Å². The number of nitrogens with zero attached hydrogens (tertiary/aromatic N) is 3. The summed E-state index contributed by atoms with van der Waals surface area (Å²) in [5.41, 5.74) is 1.50. The highest BCUT2D eigenvalue weighted by molar-refractivity contribution is 5.99. The first-order valence-corrected chi connectivity index (χ1v) is 5.82. The lowest BCUT2D eigenvalue weighted by Gasteiger charge is -2.07. The molecule has 0 radical (unpaired) electrons. The third-order valence-electron chi connectivity index (χ3n) is 2.98. The Kier molecular flexibility index (Phi) is 2.76. The van der Waals surface area contributed by atoms with Crippen molar-refractivity contribution in [1.29, 1.82) is 0 Å². The molecule has 6 nitrogen and oxygen atoms in total. The van der Waals surface area contributed by atoms with E-state index in [0.717, 1.165) is 5.39 Å². The summed E-state index contributed by atoms with van der Waals surface area (Å²) in [5.74, 6) is -1.07. The molecule has 3 aromatic rings. The first-order valence-electron chi connectivity index (χ1n) is 5.82. The minimum Gasteiger partial charge on any atom is -0.478 e. The van der Waals surface area contributed by atoms with Gasteiger partial charge in [0, 0.05) is 17.8 Å². The molecule has 2 heterocycles. The van der Waals surface area contributed by atoms with Crippen molar-refractivity contribution >= 4 is 23.2 Å². The summed E-state index contributed by atoms with van der Waals surface area (Å²) in [6, 6.07) is 7.16. The maximum atomic E-state index is 11.4. The van der Waals surface area contributed by atoms with Gasteiger partial charge in [-0.15, -0.1) is 0 Å². The predicted octanol–water partition coefficient (Wildman–Crippen LogP) is 1.93. The van der Waals surface area contributed by atoms with Crippen molar-refractivity contribution in [1.82, 2.24) is 14.8 Å². The molecule has 0 aliphatic rings. The molecule has 0 amide bonds. The van der Waals surface area contributed by atoms with Gasteiger partial charge in [-0.25, -0.2) is 9.48 Å². The van der Waals surface area contributed by atoms with E-state index in [0.29, 0.717) is 23.1 Å². The lowest BCUT2D eigenvalue weighted by molar-refractivity contribution is 0.0696. The molecule has 0 atom stereocenters. The zero-order chi connectivity index (χ0) is 14.1. The number of hydrogen-bond donors (Lipinski definition) is 1. The number of carbonyl (C=O) groups is 2. The Bertz CT molecular complexity index is 823. The zero-order valence-corrected chi connectivity index (χ0v) is 10.2. The molecule has 0 bridgehead atoms. The Morgan fingerprint density at radius 3 is 2.85 bits per heavy atom. The first-order chi connectivity index (χ1) is 9.70. The van der Waals surface area contributed by atoms with Crippen LogP contribution in [0, 0.1) is 0 Å². The second-order valence-electron chi connectivity index (χ2n) is 4.17. The molecule has 98 valence electrons. The van der Waals surface area contributed by atoms with Crippen LogP contribution >= 0.6 is 0 Å². The van der Waals surface area contributed by atoms with E-state index in [2.05, 4.69) is 10.1 Å². The van der Waals surface area contributed by atoms with Crippen LogP contribution in [0.25, 0.3) is 16.6 Å². The van der Waals surface area contributed by atoms with Crippen molar-refractivity contribution in [3.8, 4) is 5.69 Å². The van der Waals surface area contributed by atoms with Crippen LogP contribution in [0.1, 0.15) is 20.7 Å². The highest BCUT2D eigenvalue weighted by Crippen LogP contribution is 2.22. The monoisotopic (exact) mass is 267 g/mol. The van der Waals surface area contributed by atoms with Gasteiger partial charge in [-0.05, 0) is 12.1 Å². The van der Waals surface area contributed by atoms with Crippen molar-refractivity contribution in [3.05, 3.63) is 54.0 Å². The van der Waals surface area contributed by atoms with Gasteiger partial charge in [0.2, 0.25) is 0 Å². The van der Waals surface area contributed by atoms with E-state index < -0.39 is 5.97 Å². The van der Waals surface area contributed by atoms with Crippen LogP contribution in [0.3, 0.4) is 0 Å². The summed E-state index contributed by atoms with van der Waals surface area (Å²) in [7, 11) is 0. The fraction of sp³-hybridized carbons (Fsp3) is 0. The molecule has 0 aliphatic heterocycles. The van der Waals surface area contributed by atoms with E-state index in [1.54, 1.807) is 18.3 Å². The summed E-state index contributed by atoms with van der Waals surface area (Å²) in [6.45, 7) is 0. The summed E-state index contributed by atoms with van der Waals surface area (Å²) >= 11 is 0. The van der Waals surface area contributed by atoms with Crippen molar-refractivity contribution in [2.75, 3.05) is 0 Å². The number of rotatable bonds is 3. The molecule has 0 aliphatic carbocycles. The van der Waals surface area contributed by atoms with Gasteiger partial charge in [0.15, 0.2) is 6.29 Å². The van der Waals surface area contributed by atoms with E-state index in [1.807, 2.05) is 12.1 Å². The Hall–Kier alpha value is -3.02. The largest absolute Gasteiger partial charge is 0.478 e. The van der Waals surface area contributed by atoms with Crippen LogP contribution in [-0.4, -0.2) is 32.1 Å². The van der Waals surface area contributed by atoms with Gasteiger partial charge in [-0.1, -0.05) is 12.1 Å². The average molecular weight is 267 g/mol. The summed E-state index contributed by atoms with van der Waals surface area (Å²) in [5, 5.41) is 13.7. The fourth-order valence-electron chi connectivity index (χ4n) is 2.04. The number of carboxylic acid groups (broad SMARTS) is 1. The standard InChI is InChI=1S/C14H9N3O3/c18-8-11-12(17-7-10(6-16-17)14(19)20)4-3-9-2-1-5-15-13(9)11/h1-8H,(H,19,20). The zero-order valence-electron chi connectivity index (χ0n) is 10.2. The summed E-state index contributed by atoms with van der Waals surface area (Å²) < 4.78 is 1.36. The number of aldehydes is 1. The molecule has 0 fully saturated rings. The minimum atomic E-state index is -1.07. The van der Waals surface area contributed by atoms with Crippen molar-refractivity contribution < 1.29 is 14.7 Å². The second kappa shape index (κ2) is 4.58. The van der Waals surface area contributed by atoms with Crippen LogP contribution < -0.4 is 0 Å². The van der Waals surface area contributed by atoms with Gasteiger partial charge in [0.1, 0.15) is 0 Å². The number of benzene rings is 1. The van der Waals surface area contributed by atoms with Crippen LogP contribution in [0.5, 0.6) is 0 Å². The van der Waals surface area contributed by atoms with Crippen LogP contribution in [0.2, 0.25) is 0 Å². The first kappa shape index (κ1) is 12.0. The van der Waals surface area contributed by atoms with Gasteiger partial charge in [0.25, 0.3) is 0 Å². The van der Waals surface area contributed by atoms with Gasteiger partial charge in [-0.2, -0.15) is 5.10 Å². The number of hydrogen-bond acceptors (Lipinski definition) is 4.